The van der Waals surface area contributed by atoms with Crippen LogP contribution in [0.1, 0.15) is 71.6 Å². The normalized spacial score (nSPS) is 20.6. The van der Waals surface area contributed by atoms with Crippen molar-refractivity contribution in [2.75, 3.05) is 6.61 Å². The second-order valence-electron chi connectivity index (χ2n) is 11.5. The zero-order valence-electron chi connectivity index (χ0n) is 23.7. The Balaban J connectivity index is 1.55. The largest absolute Gasteiger partial charge is 0.513 e. The number of hydrogen-bond donors (Lipinski definition) is 3. The summed E-state index contributed by atoms with van der Waals surface area (Å²) in [5.74, 6) is 0.953. The van der Waals surface area contributed by atoms with Crippen LogP contribution in [0.15, 0.2) is 60.7 Å². The van der Waals surface area contributed by atoms with Gasteiger partial charge in [0.05, 0.1) is 18.2 Å². The lowest BCUT2D eigenvalue weighted by atomic mass is 9.82. The molecule has 4 atom stereocenters. The standard InChI is InChI=1S/C31H45N2O6P/c1-23(2)21-28(33-40(36,38-25-15-8-4-9-16-25)39-26-17-10-5-11-18-26)31(35)32-27(22-24-13-6-3-7-14-24)30(34)29-19-12-20-37-29/h4-5,8-11,15-18,23-24,27-30,34H,3,6-7,12-14,19-22H2,1-2H3,(H,32,35)(H,33,36)/t27-,28?,29-,30+/m0/s1. The van der Waals surface area contributed by atoms with Crippen LogP contribution < -0.4 is 19.5 Å². The van der Waals surface area contributed by atoms with E-state index in [1.165, 1.54) is 19.3 Å². The van der Waals surface area contributed by atoms with Gasteiger partial charge in [-0.2, -0.15) is 5.09 Å². The highest BCUT2D eigenvalue weighted by Crippen LogP contribution is 2.45. The Morgan fingerprint density at radius 3 is 2.08 bits per heavy atom. The Morgan fingerprint density at radius 1 is 0.950 bits per heavy atom. The molecule has 1 aliphatic carbocycles. The number of para-hydroxylation sites is 2. The van der Waals surface area contributed by atoms with Crippen molar-refractivity contribution in [2.45, 2.75) is 95.9 Å². The predicted molar refractivity (Wildman–Crippen MR) is 156 cm³/mol. The van der Waals surface area contributed by atoms with Crippen LogP contribution in [0.4, 0.5) is 0 Å². The van der Waals surface area contributed by atoms with Crippen molar-refractivity contribution in [1.82, 2.24) is 10.4 Å². The van der Waals surface area contributed by atoms with Crippen molar-refractivity contribution in [2.24, 2.45) is 11.8 Å². The quantitative estimate of drug-likeness (QED) is 0.230. The summed E-state index contributed by atoms with van der Waals surface area (Å²) in [5, 5.41) is 17.4. The Morgan fingerprint density at radius 2 is 1.55 bits per heavy atom. The summed E-state index contributed by atoms with van der Waals surface area (Å²) < 4.78 is 31.8. The molecule has 1 saturated heterocycles. The summed E-state index contributed by atoms with van der Waals surface area (Å²) in [5.41, 5.74) is 0. The van der Waals surface area contributed by atoms with Crippen LogP contribution in [0.2, 0.25) is 0 Å². The average molecular weight is 573 g/mol. The monoisotopic (exact) mass is 572 g/mol. The maximum absolute atomic E-state index is 14.2. The van der Waals surface area contributed by atoms with Gasteiger partial charge in [-0.1, -0.05) is 82.3 Å². The highest BCUT2D eigenvalue weighted by molar-refractivity contribution is 7.52. The van der Waals surface area contributed by atoms with Gasteiger partial charge >= 0.3 is 7.75 Å². The number of rotatable bonds is 14. The summed E-state index contributed by atoms with van der Waals surface area (Å²) in [7, 11) is -4.05. The van der Waals surface area contributed by atoms with E-state index in [1.54, 1.807) is 48.5 Å². The van der Waals surface area contributed by atoms with Gasteiger partial charge < -0.3 is 24.2 Å². The molecule has 2 fully saturated rings. The van der Waals surface area contributed by atoms with Gasteiger partial charge in [-0.15, -0.1) is 0 Å². The van der Waals surface area contributed by atoms with Crippen LogP contribution in [0, 0.1) is 11.8 Å². The van der Waals surface area contributed by atoms with Gasteiger partial charge in [0.25, 0.3) is 0 Å². The van der Waals surface area contributed by atoms with E-state index in [0.29, 0.717) is 36.9 Å². The van der Waals surface area contributed by atoms with Gasteiger partial charge in [0, 0.05) is 6.61 Å². The first-order valence-electron chi connectivity index (χ1n) is 14.8. The molecule has 9 heteroatoms. The number of nitrogens with one attached hydrogen (secondary N) is 2. The number of benzene rings is 2. The summed E-state index contributed by atoms with van der Waals surface area (Å²) in [6.45, 7) is 4.63. The second kappa shape index (κ2) is 15.0. The van der Waals surface area contributed by atoms with Gasteiger partial charge in [-0.05, 0) is 61.8 Å². The Labute approximate surface area is 238 Å². The average Bonchev–Trinajstić information content (AvgIpc) is 3.48. The molecule has 2 aliphatic rings. The highest BCUT2D eigenvalue weighted by atomic mass is 31.2. The smallest absolute Gasteiger partial charge is 0.405 e. The number of ether oxygens (including phenoxy) is 1. The first-order chi connectivity index (χ1) is 19.3. The lowest BCUT2D eigenvalue weighted by Crippen LogP contribution is -2.54. The number of carbonyl (C=O) groups is 1. The second-order valence-corrected chi connectivity index (χ2v) is 13.1. The summed E-state index contributed by atoms with van der Waals surface area (Å²) >= 11 is 0. The van der Waals surface area contributed by atoms with Gasteiger partial charge in [0.15, 0.2) is 0 Å². The van der Waals surface area contributed by atoms with Crippen molar-refractivity contribution in [1.29, 1.82) is 0 Å². The summed E-state index contributed by atoms with van der Waals surface area (Å²) in [6, 6.07) is 16.2. The third-order valence-electron chi connectivity index (χ3n) is 7.67. The molecule has 1 unspecified atom stereocenters. The fourth-order valence-corrected chi connectivity index (χ4v) is 7.22. The molecular weight excluding hydrogens is 527 g/mol. The first kappa shape index (κ1) is 30.6. The molecule has 0 aromatic heterocycles. The SMILES string of the molecule is CC(C)CC(NP(=O)(Oc1ccccc1)Oc1ccccc1)C(=O)N[C@@H](CC1CCCCC1)[C@@H](O)[C@@H]1CCCO1. The lowest BCUT2D eigenvalue weighted by Gasteiger charge is -2.34. The number of amides is 1. The molecule has 2 aromatic rings. The van der Waals surface area contributed by atoms with Crippen LogP contribution in [0.5, 0.6) is 11.5 Å². The Hall–Kier alpha value is -2.38. The minimum atomic E-state index is -4.05. The van der Waals surface area contributed by atoms with E-state index in [9.17, 15) is 14.5 Å². The highest BCUT2D eigenvalue weighted by Gasteiger charge is 2.39. The van der Waals surface area contributed by atoms with Crippen LogP contribution in [0.3, 0.4) is 0 Å². The van der Waals surface area contributed by atoms with Crippen molar-refractivity contribution < 1.29 is 28.3 Å². The minimum Gasteiger partial charge on any atom is -0.405 e. The molecule has 0 bridgehead atoms. The zero-order valence-corrected chi connectivity index (χ0v) is 24.6. The molecular formula is C31H45N2O6P. The van der Waals surface area contributed by atoms with E-state index < -0.39 is 25.9 Å². The van der Waals surface area contributed by atoms with Crippen LogP contribution in [-0.2, 0) is 14.1 Å². The molecule has 3 N–H and O–H groups in total. The molecule has 220 valence electrons. The van der Waals surface area contributed by atoms with Gasteiger partial charge in [-0.3, -0.25) is 4.79 Å². The topological polar surface area (TPSA) is 106 Å². The molecule has 4 rings (SSSR count). The fourth-order valence-electron chi connectivity index (χ4n) is 5.67. The maximum Gasteiger partial charge on any atom is 0.513 e. The summed E-state index contributed by atoms with van der Waals surface area (Å²) in [4.78, 5) is 13.9. The molecule has 40 heavy (non-hydrogen) atoms. The van der Waals surface area contributed by atoms with Crippen LogP contribution in [-0.4, -0.2) is 41.9 Å². The Kier molecular flexibility index (Phi) is 11.5. The lowest BCUT2D eigenvalue weighted by molar-refractivity contribution is -0.126. The van der Waals surface area contributed by atoms with E-state index in [0.717, 1.165) is 25.7 Å². The third kappa shape index (κ3) is 9.34. The molecule has 1 amide bonds. The first-order valence-corrected chi connectivity index (χ1v) is 16.3. The van der Waals surface area contributed by atoms with Crippen LogP contribution in [0.25, 0.3) is 0 Å². The number of hydrogen-bond acceptors (Lipinski definition) is 6. The van der Waals surface area contributed by atoms with Crippen molar-refractivity contribution in [3.8, 4) is 11.5 Å². The van der Waals surface area contributed by atoms with Gasteiger partial charge in [0.2, 0.25) is 5.91 Å². The predicted octanol–water partition coefficient (Wildman–Crippen LogP) is 6.25. The summed E-state index contributed by atoms with van der Waals surface area (Å²) in [6.07, 6.45) is 7.47. The Bertz CT molecular complexity index is 1030. The molecule has 0 radical (unpaired) electrons. The molecule has 2 aromatic carbocycles. The van der Waals surface area contributed by atoms with Crippen molar-refractivity contribution in [3.63, 3.8) is 0 Å². The maximum atomic E-state index is 14.2. The molecule has 8 nitrogen and oxygen atoms in total. The molecule has 1 aliphatic heterocycles. The molecule has 1 saturated carbocycles. The van der Waals surface area contributed by atoms with Crippen LogP contribution >= 0.6 is 7.75 Å². The van der Waals surface area contributed by atoms with E-state index in [2.05, 4.69) is 10.4 Å². The minimum absolute atomic E-state index is 0.116. The third-order valence-corrected chi connectivity index (χ3v) is 9.20. The van der Waals surface area contributed by atoms with Crippen molar-refractivity contribution >= 4 is 13.7 Å². The number of aliphatic hydroxyl groups excluding tert-OH is 1. The molecule has 1 heterocycles. The number of carbonyl (C=O) groups excluding carboxylic acids is 1. The van der Waals surface area contributed by atoms with E-state index in [-0.39, 0.29) is 17.9 Å². The zero-order chi connectivity index (χ0) is 28.4. The fraction of sp³-hybridized carbons (Fsp3) is 0.581. The molecule has 0 spiro atoms. The van der Waals surface area contributed by atoms with Gasteiger partial charge in [-0.25, -0.2) is 4.57 Å². The van der Waals surface area contributed by atoms with Crippen molar-refractivity contribution in [3.05, 3.63) is 60.7 Å². The van der Waals surface area contributed by atoms with E-state index in [4.69, 9.17) is 13.8 Å². The number of aliphatic hydroxyl groups is 1. The van der Waals surface area contributed by atoms with Gasteiger partial charge in [0.1, 0.15) is 17.6 Å². The van der Waals surface area contributed by atoms with E-state index in [1.807, 2.05) is 26.0 Å². The van der Waals surface area contributed by atoms with E-state index >= 15 is 0 Å².